The van der Waals surface area contributed by atoms with Crippen molar-refractivity contribution in [1.29, 1.82) is 0 Å². The number of ether oxygens (including phenoxy) is 1. The van der Waals surface area contributed by atoms with Gasteiger partial charge in [0.1, 0.15) is 17.9 Å². The SMILES string of the molecule is Cc1c(C)c2cc(Cl)c(OCc3cccc4ccccc34)cc2oc1=O. The van der Waals surface area contributed by atoms with Crippen LogP contribution in [-0.2, 0) is 6.61 Å². The summed E-state index contributed by atoms with van der Waals surface area (Å²) in [5.41, 5.74) is 2.69. The van der Waals surface area contributed by atoms with E-state index in [-0.39, 0.29) is 5.63 Å². The number of hydrogen-bond donors (Lipinski definition) is 0. The zero-order valence-corrected chi connectivity index (χ0v) is 15.3. The van der Waals surface area contributed by atoms with E-state index in [0.29, 0.717) is 28.5 Å². The minimum Gasteiger partial charge on any atom is -0.487 e. The molecule has 0 radical (unpaired) electrons. The molecule has 0 spiro atoms. The third-order valence-electron chi connectivity index (χ3n) is 4.77. The molecule has 0 bridgehead atoms. The van der Waals surface area contributed by atoms with Gasteiger partial charge in [0.25, 0.3) is 0 Å². The second kappa shape index (κ2) is 6.50. The first kappa shape index (κ1) is 16.7. The van der Waals surface area contributed by atoms with Gasteiger partial charge in [-0.15, -0.1) is 0 Å². The normalized spacial score (nSPS) is 11.2. The third-order valence-corrected chi connectivity index (χ3v) is 5.07. The van der Waals surface area contributed by atoms with E-state index in [2.05, 4.69) is 18.2 Å². The predicted molar refractivity (Wildman–Crippen MR) is 105 cm³/mol. The van der Waals surface area contributed by atoms with Gasteiger partial charge in [0.2, 0.25) is 0 Å². The first-order chi connectivity index (χ1) is 12.5. The molecule has 0 aliphatic carbocycles. The average molecular weight is 365 g/mol. The monoisotopic (exact) mass is 364 g/mol. The fourth-order valence-electron chi connectivity index (χ4n) is 3.13. The zero-order chi connectivity index (χ0) is 18.3. The van der Waals surface area contributed by atoms with E-state index in [1.54, 1.807) is 19.1 Å². The van der Waals surface area contributed by atoms with Crippen LogP contribution in [0.25, 0.3) is 21.7 Å². The van der Waals surface area contributed by atoms with Gasteiger partial charge in [-0.25, -0.2) is 4.79 Å². The van der Waals surface area contributed by atoms with Crippen LogP contribution in [0.15, 0.2) is 63.8 Å². The van der Waals surface area contributed by atoms with Crippen molar-refractivity contribution in [3.63, 3.8) is 0 Å². The lowest BCUT2D eigenvalue weighted by Gasteiger charge is -2.12. The highest BCUT2D eigenvalue weighted by Gasteiger charge is 2.12. The van der Waals surface area contributed by atoms with Gasteiger partial charge < -0.3 is 9.15 Å². The molecular formula is C22H17ClO3. The van der Waals surface area contributed by atoms with E-state index < -0.39 is 0 Å². The van der Waals surface area contributed by atoms with Crippen LogP contribution in [0.3, 0.4) is 0 Å². The van der Waals surface area contributed by atoms with Crippen molar-refractivity contribution in [3.8, 4) is 5.75 Å². The number of halogens is 1. The van der Waals surface area contributed by atoms with E-state index in [9.17, 15) is 4.79 Å². The zero-order valence-electron chi connectivity index (χ0n) is 14.5. The molecule has 0 unspecified atom stereocenters. The molecule has 130 valence electrons. The quantitative estimate of drug-likeness (QED) is 0.431. The van der Waals surface area contributed by atoms with Crippen LogP contribution in [0.1, 0.15) is 16.7 Å². The second-order valence-electron chi connectivity index (χ2n) is 6.35. The van der Waals surface area contributed by atoms with E-state index in [1.165, 1.54) is 0 Å². The lowest BCUT2D eigenvalue weighted by Crippen LogP contribution is -2.06. The number of hydrogen-bond acceptors (Lipinski definition) is 3. The summed E-state index contributed by atoms with van der Waals surface area (Å²) in [5.74, 6) is 0.499. The van der Waals surface area contributed by atoms with Crippen LogP contribution in [0.4, 0.5) is 0 Å². The Hall–Kier alpha value is -2.78. The van der Waals surface area contributed by atoms with Crippen molar-refractivity contribution in [2.24, 2.45) is 0 Å². The highest BCUT2D eigenvalue weighted by atomic mass is 35.5. The summed E-state index contributed by atoms with van der Waals surface area (Å²) >= 11 is 6.41. The largest absolute Gasteiger partial charge is 0.487 e. The summed E-state index contributed by atoms with van der Waals surface area (Å²) in [7, 11) is 0. The van der Waals surface area contributed by atoms with E-state index in [1.807, 2.05) is 31.2 Å². The summed E-state index contributed by atoms with van der Waals surface area (Å²) in [6.45, 7) is 4.02. The van der Waals surface area contributed by atoms with Crippen LogP contribution in [-0.4, -0.2) is 0 Å². The maximum absolute atomic E-state index is 11.9. The number of benzene rings is 3. The first-order valence-electron chi connectivity index (χ1n) is 8.37. The summed E-state index contributed by atoms with van der Waals surface area (Å²) in [6.07, 6.45) is 0. The second-order valence-corrected chi connectivity index (χ2v) is 6.75. The van der Waals surface area contributed by atoms with Crippen molar-refractivity contribution in [3.05, 3.63) is 86.7 Å². The third kappa shape index (κ3) is 2.85. The van der Waals surface area contributed by atoms with Crippen LogP contribution < -0.4 is 10.4 Å². The molecule has 0 aliphatic rings. The van der Waals surface area contributed by atoms with Crippen molar-refractivity contribution < 1.29 is 9.15 Å². The molecule has 1 heterocycles. The van der Waals surface area contributed by atoms with Gasteiger partial charge in [-0.1, -0.05) is 54.1 Å². The van der Waals surface area contributed by atoms with E-state index >= 15 is 0 Å². The Balaban J connectivity index is 1.72. The van der Waals surface area contributed by atoms with Gasteiger partial charge >= 0.3 is 5.63 Å². The molecule has 26 heavy (non-hydrogen) atoms. The lowest BCUT2D eigenvalue weighted by atomic mass is 10.1. The highest BCUT2D eigenvalue weighted by Crippen LogP contribution is 2.32. The first-order valence-corrected chi connectivity index (χ1v) is 8.75. The van der Waals surface area contributed by atoms with E-state index in [4.69, 9.17) is 20.8 Å². The van der Waals surface area contributed by atoms with Crippen LogP contribution >= 0.6 is 11.6 Å². The predicted octanol–water partition coefficient (Wildman–Crippen LogP) is 5.80. The van der Waals surface area contributed by atoms with Crippen LogP contribution in [0.5, 0.6) is 5.75 Å². The van der Waals surface area contributed by atoms with Crippen molar-refractivity contribution in [1.82, 2.24) is 0 Å². The highest BCUT2D eigenvalue weighted by molar-refractivity contribution is 6.32. The Bertz CT molecular complexity index is 1190. The molecule has 0 saturated carbocycles. The Labute approximate surface area is 155 Å². The molecule has 4 aromatic rings. The molecule has 0 atom stereocenters. The summed E-state index contributed by atoms with van der Waals surface area (Å²) < 4.78 is 11.4. The van der Waals surface area contributed by atoms with Gasteiger partial charge in [0.15, 0.2) is 0 Å². The maximum Gasteiger partial charge on any atom is 0.339 e. The fourth-order valence-corrected chi connectivity index (χ4v) is 3.35. The van der Waals surface area contributed by atoms with Gasteiger partial charge in [0.05, 0.1) is 5.02 Å². The molecule has 0 fully saturated rings. The average Bonchev–Trinajstić information content (AvgIpc) is 2.65. The lowest BCUT2D eigenvalue weighted by molar-refractivity contribution is 0.308. The topological polar surface area (TPSA) is 39.4 Å². The number of fused-ring (bicyclic) bond motifs is 2. The smallest absolute Gasteiger partial charge is 0.339 e. The Morgan fingerprint density at radius 1 is 0.962 bits per heavy atom. The van der Waals surface area contributed by atoms with Crippen LogP contribution in [0, 0.1) is 13.8 Å². The van der Waals surface area contributed by atoms with Crippen molar-refractivity contribution in [2.75, 3.05) is 0 Å². The summed E-state index contributed by atoms with van der Waals surface area (Å²) in [4.78, 5) is 11.9. The molecule has 0 saturated heterocycles. The standard InChI is InChI=1S/C22H17ClO3/c1-13-14(2)22(24)26-20-11-21(19(23)10-18(13)20)25-12-16-8-5-7-15-6-3-4-9-17(15)16/h3-11H,12H2,1-2H3. The molecule has 4 rings (SSSR count). The molecule has 4 heteroatoms. The number of rotatable bonds is 3. The Kier molecular flexibility index (Phi) is 4.17. The van der Waals surface area contributed by atoms with Gasteiger partial charge in [-0.3, -0.25) is 0 Å². The fraction of sp³-hybridized carbons (Fsp3) is 0.136. The molecule has 0 N–H and O–H groups in total. The van der Waals surface area contributed by atoms with Crippen LogP contribution in [0.2, 0.25) is 5.02 Å². The molecule has 3 aromatic carbocycles. The Morgan fingerprint density at radius 2 is 1.73 bits per heavy atom. The Morgan fingerprint density at radius 3 is 2.58 bits per heavy atom. The van der Waals surface area contributed by atoms with Crippen molar-refractivity contribution >= 4 is 33.3 Å². The molecule has 1 aromatic heterocycles. The van der Waals surface area contributed by atoms with E-state index in [0.717, 1.165) is 27.3 Å². The minimum atomic E-state index is -0.336. The number of aryl methyl sites for hydroxylation is 1. The molecular weight excluding hydrogens is 348 g/mol. The van der Waals surface area contributed by atoms with Gasteiger partial charge in [-0.2, -0.15) is 0 Å². The molecule has 3 nitrogen and oxygen atoms in total. The van der Waals surface area contributed by atoms with Gasteiger partial charge in [0, 0.05) is 17.0 Å². The summed E-state index contributed by atoms with van der Waals surface area (Å²) in [5, 5.41) is 3.62. The minimum absolute atomic E-state index is 0.336. The maximum atomic E-state index is 11.9. The summed E-state index contributed by atoms with van der Waals surface area (Å²) in [6, 6.07) is 17.8. The molecule has 0 amide bonds. The van der Waals surface area contributed by atoms with Gasteiger partial charge in [-0.05, 0) is 41.8 Å². The molecule has 0 aliphatic heterocycles. The van der Waals surface area contributed by atoms with Crippen molar-refractivity contribution in [2.45, 2.75) is 20.5 Å².